The van der Waals surface area contributed by atoms with Crippen molar-refractivity contribution in [3.8, 4) is 5.75 Å². The molecular weight excluding hydrogens is 330 g/mol. The molecule has 0 saturated carbocycles. The number of unbranched alkanes of at least 4 members (excludes halogenated alkanes) is 1. The monoisotopic (exact) mass is 365 g/mol. The Morgan fingerprint density at radius 2 is 1.77 bits per heavy atom. The zero-order valence-corrected chi connectivity index (χ0v) is 16.6. The minimum atomic E-state index is 0.640. The number of hydrogen-bond acceptors (Lipinski definition) is 4. The molecule has 148 valence electrons. The molecule has 2 N–H and O–H groups in total. The number of benzene rings is 1. The molecule has 1 aromatic rings. The number of ether oxygens (including phenoxy) is 3. The first-order valence-electron chi connectivity index (χ1n) is 9.54. The summed E-state index contributed by atoms with van der Waals surface area (Å²) in [6, 6.07) is 8.17. The molecule has 0 amide bonds. The topological polar surface area (TPSA) is 64.1 Å². The lowest BCUT2D eigenvalue weighted by Gasteiger charge is -2.11. The van der Waals surface area contributed by atoms with Crippen molar-refractivity contribution in [3.05, 3.63) is 29.8 Å². The highest BCUT2D eigenvalue weighted by Gasteiger charge is 1.98. The number of rotatable bonds is 14. The SMILES string of the molecule is CCNC(=NCCCOCCOC)NCCCCOc1ccc(C)cc1. The Hall–Kier alpha value is -1.79. The summed E-state index contributed by atoms with van der Waals surface area (Å²) in [5, 5.41) is 6.62. The largest absolute Gasteiger partial charge is 0.494 e. The summed E-state index contributed by atoms with van der Waals surface area (Å²) in [6.45, 7) is 9.36. The molecule has 0 aliphatic carbocycles. The fourth-order valence-corrected chi connectivity index (χ4v) is 2.20. The molecule has 0 spiro atoms. The number of nitrogens with zero attached hydrogens (tertiary/aromatic N) is 1. The number of aliphatic imine (C=N–C) groups is 1. The van der Waals surface area contributed by atoms with Crippen LogP contribution in [-0.2, 0) is 9.47 Å². The molecule has 0 radical (unpaired) electrons. The Kier molecular flexibility index (Phi) is 13.2. The molecule has 0 aromatic heterocycles. The summed E-state index contributed by atoms with van der Waals surface area (Å²) in [4.78, 5) is 4.56. The van der Waals surface area contributed by atoms with Crippen LogP contribution in [0.2, 0.25) is 0 Å². The zero-order valence-electron chi connectivity index (χ0n) is 16.6. The van der Waals surface area contributed by atoms with E-state index in [9.17, 15) is 0 Å². The van der Waals surface area contributed by atoms with Crippen LogP contribution in [0.3, 0.4) is 0 Å². The Bertz CT molecular complexity index is 478. The quantitative estimate of drug-likeness (QED) is 0.301. The van der Waals surface area contributed by atoms with Crippen LogP contribution >= 0.6 is 0 Å². The molecule has 0 saturated heterocycles. The highest BCUT2D eigenvalue weighted by Crippen LogP contribution is 2.11. The number of guanidine groups is 1. The van der Waals surface area contributed by atoms with Gasteiger partial charge in [0.1, 0.15) is 5.75 Å². The number of methoxy groups -OCH3 is 1. The van der Waals surface area contributed by atoms with Crippen molar-refractivity contribution in [1.29, 1.82) is 0 Å². The summed E-state index contributed by atoms with van der Waals surface area (Å²) in [5.41, 5.74) is 1.25. The van der Waals surface area contributed by atoms with Gasteiger partial charge in [-0.2, -0.15) is 0 Å². The van der Waals surface area contributed by atoms with E-state index >= 15 is 0 Å². The number of hydrogen-bond donors (Lipinski definition) is 2. The summed E-state index contributed by atoms with van der Waals surface area (Å²) in [7, 11) is 1.68. The molecule has 1 rings (SSSR count). The maximum absolute atomic E-state index is 5.74. The third kappa shape index (κ3) is 11.7. The Labute approximate surface area is 158 Å². The minimum absolute atomic E-state index is 0.640. The van der Waals surface area contributed by atoms with Gasteiger partial charge in [-0.05, 0) is 45.2 Å². The van der Waals surface area contributed by atoms with Crippen molar-refractivity contribution in [3.63, 3.8) is 0 Å². The van der Waals surface area contributed by atoms with Gasteiger partial charge in [-0.3, -0.25) is 4.99 Å². The Morgan fingerprint density at radius 1 is 0.962 bits per heavy atom. The average Bonchev–Trinajstić information content (AvgIpc) is 2.65. The molecule has 0 atom stereocenters. The summed E-state index contributed by atoms with van der Waals surface area (Å²) in [5.74, 6) is 1.80. The molecule has 0 aliphatic rings. The summed E-state index contributed by atoms with van der Waals surface area (Å²) >= 11 is 0. The Balaban J connectivity index is 2.08. The summed E-state index contributed by atoms with van der Waals surface area (Å²) in [6.07, 6.45) is 2.95. The van der Waals surface area contributed by atoms with Crippen LogP contribution in [-0.4, -0.2) is 59.1 Å². The fourth-order valence-electron chi connectivity index (χ4n) is 2.20. The molecule has 6 heteroatoms. The van der Waals surface area contributed by atoms with Gasteiger partial charge in [-0.25, -0.2) is 0 Å². The van der Waals surface area contributed by atoms with E-state index in [1.807, 2.05) is 12.1 Å². The maximum atomic E-state index is 5.74. The molecule has 0 aliphatic heterocycles. The van der Waals surface area contributed by atoms with E-state index in [0.717, 1.165) is 57.2 Å². The van der Waals surface area contributed by atoms with E-state index in [2.05, 4.69) is 41.6 Å². The molecule has 6 nitrogen and oxygen atoms in total. The van der Waals surface area contributed by atoms with Crippen LogP contribution < -0.4 is 15.4 Å². The number of nitrogens with one attached hydrogen (secondary N) is 2. The molecule has 1 aromatic carbocycles. The second-order valence-corrected chi connectivity index (χ2v) is 6.01. The van der Waals surface area contributed by atoms with E-state index < -0.39 is 0 Å². The average molecular weight is 366 g/mol. The van der Waals surface area contributed by atoms with Crippen molar-refractivity contribution in [1.82, 2.24) is 10.6 Å². The van der Waals surface area contributed by atoms with E-state index in [1.54, 1.807) is 7.11 Å². The second kappa shape index (κ2) is 15.5. The van der Waals surface area contributed by atoms with Crippen LogP contribution in [0, 0.1) is 6.92 Å². The van der Waals surface area contributed by atoms with Crippen LogP contribution in [0.4, 0.5) is 0 Å². The molecular formula is C20H35N3O3. The van der Waals surface area contributed by atoms with Gasteiger partial charge in [0.15, 0.2) is 5.96 Å². The maximum Gasteiger partial charge on any atom is 0.191 e. The van der Waals surface area contributed by atoms with Gasteiger partial charge in [0.2, 0.25) is 0 Å². The van der Waals surface area contributed by atoms with Gasteiger partial charge < -0.3 is 24.8 Å². The van der Waals surface area contributed by atoms with Crippen LogP contribution in [0.25, 0.3) is 0 Å². The van der Waals surface area contributed by atoms with Crippen molar-refractivity contribution < 1.29 is 14.2 Å². The van der Waals surface area contributed by atoms with E-state index in [-0.39, 0.29) is 0 Å². The molecule has 0 unspecified atom stereocenters. The highest BCUT2D eigenvalue weighted by atomic mass is 16.5. The molecule has 0 bridgehead atoms. The lowest BCUT2D eigenvalue weighted by atomic mass is 10.2. The smallest absolute Gasteiger partial charge is 0.191 e. The van der Waals surface area contributed by atoms with E-state index in [0.29, 0.717) is 19.8 Å². The second-order valence-electron chi connectivity index (χ2n) is 6.01. The van der Waals surface area contributed by atoms with Crippen molar-refractivity contribution in [2.45, 2.75) is 33.1 Å². The highest BCUT2D eigenvalue weighted by molar-refractivity contribution is 5.79. The minimum Gasteiger partial charge on any atom is -0.494 e. The predicted molar refractivity (Wildman–Crippen MR) is 107 cm³/mol. The molecule has 0 fully saturated rings. The normalized spacial score (nSPS) is 11.4. The van der Waals surface area contributed by atoms with Gasteiger partial charge in [0, 0.05) is 33.4 Å². The molecule has 26 heavy (non-hydrogen) atoms. The Morgan fingerprint density at radius 3 is 2.50 bits per heavy atom. The predicted octanol–water partition coefficient (Wildman–Crippen LogP) is 2.76. The van der Waals surface area contributed by atoms with Gasteiger partial charge in [-0.1, -0.05) is 17.7 Å². The molecule has 0 heterocycles. The van der Waals surface area contributed by atoms with Crippen LogP contribution in [0.15, 0.2) is 29.3 Å². The van der Waals surface area contributed by atoms with E-state index in [4.69, 9.17) is 14.2 Å². The third-order valence-corrected chi connectivity index (χ3v) is 3.65. The van der Waals surface area contributed by atoms with Crippen molar-refractivity contribution >= 4 is 5.96 Å². The lowest BCUT2D eigenvalue weighted by Crippen LogP contribution is -2.38. The first-order valence-corrected chi connectivity index (χ1v) is 9.54. The third-order valence-electron chi connectivity index (χ3n) is 3.65. The fraction of sp³-hybridized carbons (Fsp3) is 0.650. The van der Waals surface area contributed by atoms with Crippen molar-refractivity contribution in [2.24, 2.45) is 4.99 Å². The van der Waals surface area contributed by atoms with E-state index in [1.165, 1.54) is 5.56 Å². The van der Waals surface area contributed by atoms with Gasteiger partial charge in [-0.15, -0.1) is 0 Å². The van der Waals surface area contributed by atoms with Crippen LogP contribution in [0.5, 0.6) is 5.75 Å². The first kappa shape index (κ1) is 22.3. The van der Waals surface area contributed by atoms with Crippen molar-refractivity contribution in [2.75, 3.05) is 53.2 Å². The first-order chi connectivity index (χ1) is 12.8. The van der Waals surface area contributed by atoms with Crippen LogP contribution in [0.1, 0.15) is 31.7 Å². The van der Waals surface area contributed by atoms with Gasteiger partial charge in [0.25, 0.3) is 0 Å². The zero-order chi connectivity index (χ0) is 18.9. The summed E-state index contributed by atoms with van der Waals surface area (Å²) < 4.78 is 16.1. The standard InChI is InChI=1S/C20H35N3O3/c1-4-21-20(23-13-7-14-25-17-16-24-3)22-12-5-6-15-26-19-10-8-18(2)9-11-19/h8-11H,4-7,12-17H2,1-3H3,(H2,21,22,23). The lowest BCUT2D eigenvalue weighted by molar-refractivity contribution is 0.0702. The number of aryl methyl sites for hydroxylation is 1. The van der Waals surface area contributed by atoms with Gasteiger partial charge in [0.05, 0.1) is 19.8 Å². The van der Waals surface area contributed by atoms with Gasteiger partial charge >= 0.3 is 0 Å².